The summed E-state index contributed by atoms with van der Waals surface area (Å²) in [5, 5.41) is 5.58. The summed E-state index contributed by atoms with van der Waals surface area (Å²) in [5.74, 6) is -2.79. The predicted octanol–water partition coefficient (Wildman–Crippen LogP) is 4.49. The Morgan fingerprint density at radius 1 is 1.13 bits per heavy atom. The smallest absolute Gasteiger partial charge is 0.322 e. The molecule has 0 unspecified atom stereocenters. The Morgan fingerprint density at radius 2 is 1.82 bits per heavy atom. The average molecular weight is 526 g/mol. The Hall–Kier alpha value is -3.84. The van der Waals surface area contributed by atoms with E-state index in [4.69, 9.17) is 6.57 Å². The van der Waals surface area contributed by atoms with Crippen LogP contribution in [-0.2, 0) is 10.3 Å². The van der Waals surface area contributed by atoms with E-state index in [0.717, 1.165) is 24.2 Å². The van der Waals surface area contributed by atoms with Crippen molar-refractivity contribution < 1.29 is 22.8 Å². The highest BCUT2D eigenvalue weighted by atomic mass is 19.2. The molecule has 10 heteroatoms. The first-order valence-electron chi connectivity index (χ1n) is 12.5. The highest BCUT2D eigenvalue weighted by Crippen LogP contribution is 2.37. The van der Waals surface area contributed by atoms with Crippen LogP contribution in [0.1, 0.15) is 43.4 Å². The number of likely N-dealkylation sites (tertiary alicyclic amines) is 1. The summed E-state index contributed by atoms with van der Waals surface area (Å²) in [5.41, 5.74) is 1.15. The van der Waals surface area contributed by atoms with E-state index in [9.17, 15) is 22.8 Å². The average Bonchev–Trinajstić information content (AvgIpc) is 2.92. The normalized spacial score (nSPS) is 19.6. The number of hydrogen-bond donors (Lipinski definition) is 2. The molecule has 0 bridgehead atoms. The van der Waals surface area contributed by atoms with Crippen LogP contribution in [0.3, 0.4) is 0 Å². The molecule has 0 saturated carbocycles. The quantitative estimate of drug-likeness (QED) is 0.414. The van der Waals surface area contributed by atoms with E-state index >= 15 is 0 Å². The second-order valence-corrected chi connectivity index (χ2v) is 9.72. The van der Waals surface area contributed by atoms with Crippen molar-refractivity contribution in [1.29, 1.82) is 0 Å². The van der Waals surface area contributed by atoms with Crippen LogP contribution in [0.5, 0.6) is 0 Å². The van der Waals surface area contributed by atoms with Gasteiger partial charge in [0.2, 0.25) is 0 Å². The molecule has 2 N–H and O–H groups in total. The molecule has 2 aliphatic rings. The van der Waals surface area contributed by atoms with Crippen LogP contribution in [0.4, 0.5) is 18.0 Å². The second kappa shape index (κ2) is 11.3. The number of piperidine rings is 1. The molecule has 2 aromatic carbocycles. The third kappa shape index (κ3) is 5.53. The molecule has 1 saturated heterocycles. The first kappa shape index (κ1) is 27.2. The molecule has 7 nitrogen and oxygen atoms in total. The van der Waals surface area contributed by atoms with Crippen molar-refractivity contribution in [3.8, 4) is 0 Å². The predicted molar refractivity (Wildman–Crippen MR) is 136 cm³/mol. The van der Waals surface area contributed by atoms with Gasteiger partial charge in [-0.3, -0.25) is 4.79 Å². The van der Waals surface area contributed by atoms with E-state index in [1.165, 1.54) is 30.1 Å². The number of rotatable bonds is 7. The minimum Gasteiger partial charge on any atom is -0.352 e. The fourth-order valence-electron chi connectivity index (χ4n) is 5.04. The molecule has 200 valence electrons. The van der Waals surface area contributed by atoms with Crippen LogP contribution in [0.2, 0.25) is 0 Å². The molecule has 0 aliphatic carbocycles. The molecule has 2 heterocycles. The van der Waals surface area contributed by atoms with E-state index in [1.54, 1.807) is 19.1 Å². The van der Waals surface area contributed by atoms with Crippen LogP contribution in [0.25, 0.3) is 4.85 Å². The third-order valence-corrected chi connectivity index (χ3v) is 7.49. The first-order chi connectivity index (χ1) is 18.1. The minimum atomic E-state index is -1.06. The summed E-state index contributed by atoms with van der Waals surface area (Å²) in [4.78, 5) is 33.0. The zero-order chi connectivity index (χ0) is 27.4. The van der Waals surface area contributed by atoms with Gasteiger partial charge >= 0.3 is 6.03 Å². The number of carbonyl (C=O) groups excluding carboxylic acids is 2. The van der Waals surface area contributed by atoms with E-state index in [0.29, 0.717) is 44.6 Å². The zero-order valence-corrected chi connectivity index (χ0v) is 21.4. The molecule has 0 spiro atoms. The van der Waals surface area contributed by atoms with Gasteiger partial charge in [-0.05, 0) is 61.9 Å². The van der Waals surface area contributed by atoms with Gasteiger partial charge in [0.15, 0.2) is 11.6 Å². The summed E-state index contributed by atoms with van der Waals surface area (Å²) in [6, 6.07) is 8.10. The molecular weight excluding hydrogens is 495 g/mol. The van der Waals surface area contributed by atoms with E-state index in [-0.39, 0.29) is 17.0 Å². The van der Waals surface area contributed by atoms with Gasteiger partial charge in [-0.15, -0.1) is 0 Å². The van der Waals surface area contributed by atoms with Gasteiger partial charge in [0, 0.05) is 50.8 Å². The first-order valence-corrected chi connectivity index (χ1v) is 12.5. The fourth-order valence-corrected chi connectivity index (χ4v) is 5.04. The Kier molecular flexibility index (Phi) is 8.07. The molecule has 38 heavy (non-hydrogen) atoms. The molecule has 0 aromatic heterocycles. The molecule has 1 fully saturated rings. The number of hydrogen-bond acceptors (Lipinski definition) is 3. The molecule has 4 rings (SSSR count). The molecule has 3 amide bonds. The number of carbonyl (C=O) groups is 2. The SMILES string of the molecule is [C-]#[N+]C1(c2ccc(F)cc2)CCN(CCCNC(=O)C2=C(C)N(C)C(=O)N[C@@H]2c2ccc(F)c(F)c2)CC1. The highest BCUT2D eigenvalue weighted by Gasteiger charge is 2.42. The number of amides is 3. The molecule has 1 atom stereocenters. The van der Waals surface area contributed by atoms with Gasteiger partial charge in [0.05, 0.1) is 11.6 Å². The third-order valence-electron chi connectivity index (χ3n) is 7.49. The van der Waals surface area contributed by atoms with Crippen molar-refractivity contribution >= 4 is 11.9 Å². The summed E-state index contributed by atoms with van der Waals surface area (Å²) < 4.78 is 40.7. The lowest BCUT2D eigenvalue weighted by Crippen LogP contribution is -2.48. The maximum Gasteiger partial charge on any atom is 0.322 e. The van der Waals surface area contributed by atoms with Gasteiger partial charge in [-0.2, -0.15) is 0 Å². The maximum absolute atomic E-state index is 13.9. The lowest BCUT2D eigenvalue weighted by atomic mass is 9.81. The fraction of sp³-hybridized carbons (Fsp3) is 0.393. The topological polar surface area (TPSA) is 69.0 Å². The number of halogens is 3. The Balaban J connectivity index is 1.34. The Labute approximate surface area is 220 Å². The number of nitrogens with one attached hydrogen (secondary N) is 2. The minimum absolute atomic E-state index is 0.261. The number of allylic oxidation sites excluding steroid dienone is 1. The lowest BCUT2D eigenvalue weighted by Gasteiger charge is -2.34. The number of nitrogens with zero attached hydrogens (tertiary/aromatic N) is 3. The second-order valence-electron chi connectivity index (χ2n) is 9.72. The van der Waals surface area contributed by atoms with Crippen LogP contribution in [0, 0.1) is 24.0 Å². The lowest BCUT2D eigenvalue weighted by molar-refractivity contribution is -0.118. The van der Waals surface area contributed by atoms with Crippen molar-refractivity contribution in [1.82, 2.24) is 20.4 Å². The van der Waals surface area contributed by atoms with Crippen molar-refractivity contribution in [2.75, 3.05) is 33.2 Å². The Bertz CT molecular complexity index is 1280. The maximum atomic E-state index is 13.9. The number of benzene rings is 2. The van der Waals surface area contributed by atoms with Gasteiger partial charge in [-0.1, -0.05) is 6.07 Å². The van der Waals surface area contributed by atoms with Crippen LogP contribution < -0.4 is 10.6 Å². The van der Waals surface area contributed by atoms with Gasteiger partial charge in [0.25, 0.3) is 11.4 Å². The largest absolute Gasteiger partial charge is 0.352 e. The standard InChI is InChI=1S/C28H30F3N5O2/c1-18-24(25(34-27(38)35(18)3)19-5-10-22(30)23(31)17-19)26(37)33-13-4-14-36-15-11-28(32-2,12-16-36)20-6-8-21(29)9-7-20/h5-10,17,25H,4,11-16H2,1,3H3,(H,33,37)(H,34,38)/t25-/m1/s1. The van der Waals surface area contributed by atoms with E-state index in [1.807, 2.05) is 0 Å². The van der Waals surface area contributed by atoms with Gasteiger partial charge in [-0.25, -0.2) is 24.5 Å². The summed E-state index contributed by atoms with van der Waals surface area (Å²) in [7, 11) is 1.53. The highest BCUT2D eigenvalue weighted by molar-refractivity contribution is 5.98. The molecule has 2 aliphatic heterocycles. The summed E-state index contributed by atoms with van der Waals surface area (Å²) >= 11 is 0. The molecule has 2 aromatic rings. The van der Waals surface area contributed by atoms with Gasteiger partial charge in [0.1, 0.15) is 5.82 Å². The van der Waals surface area contributed by atoms with Crippen LogP contribution in [0.15, 0.2) is 53.7 Å². The zero-order valence-electron chi connectivity index (χ0n) is 21.4. The van der Waals surface area contributed by atoms with E-state index < -0.39 is 35.2 Å². The van der Waals surface area contributed by atoms with Crippen molar-refractivity contribution in [2.45, 2.75) is 37.8 Å². The van der Waals surface area contributed by atoms with Crippen molar-refractivity contribution in [2.24, 2.45) is 0 Å². The van der Waals surface area contributed by atoms with Crippen molar-refractivity contribution in [3.05, 3.63) is 93.7 Å². The Morgan fingerprint density at radius 3 is 2.45 bits per heavy atom. The number of urea groups is 1. The summed E-state index contributed by atoms with van der Waals surface area (Å²) in [6.45, 7) is 11.9. The van der Waals surface area contributed by atoms with Crippen LogP contribution >= 0.6 is 0 Å². The summed E-state index contributed by atoms with van der Waals surface area (Å²) in [6.07, 6.45) is 1.95. The monoisotopic (exact) mass is 525 g/mol. The van der Waals surface area contributed by atoms with Crippen LogP contribution in [-0.4, -0.2) is 55.0 Å². The van der Waals surface area contributed by atoms with Gasteiger partial charge < -0.3 is 25.3 Å². The molecular formula is C28H30F3N5O2. The molecule has 0 radical (unpaired) electrons. The van der Waals surface area contributed by atoms with Crippen molar-refractivity contribution in [3.63, 3.8) is 0 Å². The van der Waals surface area contributed by atoms with E-state index in [2.05, 4.69) is 20.4 Å².